The number of aryl methyl sites for hydroxylation is 1. The van der Waals surface area contributed by atoms with Gasteiger partial charge in [-0.3, -0.25) is 14.5 Å². The molecule has 2 aromatic carbocycles. The number of carbonyl (C=O) groups excluding carboxylic acids is 2. The van der Waals surface area contributed by atoms with Gasteiger partial charge < -0.3 is 9.52 Å². The molecule has 8 heteroatoms. The molecule has 1 unspecified atom stereocenters. The van der Waals surface area contributed by atoms with Crippen LogP contribution in [0.15, 0.2) is 70.9 Å². The molecule has 1 N–H and O–H groups in total. The lowest BCUT2D eigenvalue weighted by Gasteiger charge is -2.20. The summed E-state index contributed by atoms with van der Waals surface area (Å²) in [5, 5.41) is 11.9. The van der Waals surface area contributed by atoms with E-state index >= 15 is 0 Å². The van der Waals surface area contributed by atoms with E-state index in [9.17, 15) is 14.7 Å². The molecule has 0 bridgehead atoms. The number of hydrogen-bond acceptors (Lipinski definition) is 6. The van der Waals surface area contributed by atoms with E-state index < -0.39 is 17.7 Å². The molecule has 0 spiro atoms. The van der Waals surface area contributed by atoms with E-state index in [2.05, 4.69) is 11.9 Å². The van der Waals surface area contributed by atoms with Crippen molar-refractivity contribution in [3.8, 4) is 0 Å². The lowest BCUT2D eigenvalue weighted by molar-refractivity contribution is -0.132. The minimum Gasteiger partial charge on any atom is -0.507 e. The second-order valence-electron chi connectivity index (χ2n) is 7.34. The van der Waals surface area contributed by atoms with Gasteiger partial charge in [0.25, 0.3) is 5.78 Å². The average Bonchev–Trinajstić information content (AvgIpc) is 3.52. The lowest BCUT2D eigenvalue weighted by Crippen LogP contribution is -2.29. The SMILES string of the molecule is CCc1ccc2nc(N3C(=O)C(=O)C(=C(O)c4ccc(Cl)cc4)C3c3ccco3)sc2c1. The zero-order chi connectivity index (χ0) is 22.4. The van der Waals surface area contributed by atoms with E-state index in [0.717, 1.165) is 22.2 Å². The number of halogens is 1. The molecule has 4 aromatic rings. The number of furan rings is 1. The molecule has 0 radical (unpaired) electrons. The van der Waals surface area contributed by atoms with Gasteiger partial charge in [0.2, 0.25) is 0 Å². The molecule has 0 aliphatic carbocycles. The molecule has 1 aliphatic heterocycles. The first kappa shape index (κ1) is 20.5. The summed E-state index contributed by atoms with van der Waals surface area (Å²) in [6.07, 6.45) is 2.34. The smallest absolute Gasteiger partial charge is 0.302 e. The van der Waals surface area contributed by atoms with Crippen LogP contribution in [0.2, 0.25) is 5.02 Å². The van der Waals surface area contributed by atoms with Crippen LogP contribution in [0.1, 0.15) is 29.9 Å². The van der Waals surface area contributed by atoms with E-state index in [1.165, 1.54) is 22.5 Å². The van der Waals surface area contributed by atoms with E-state index in [-0.39, 0.29) is 11.3 Å². The number of aliphatic hydroxyl groups is 1. The number of rotatable bonds is 4. The van der Waals surface area contributed by atoms with Gasteiger partial charge in [-0.2, -0.15) is 0 Å². The third kappa shape index (κ3) is 3.30. The Morgan fingerprint density at radius 3 is 2.66 bits per heavy atom. The fraction of sp³-hybridized carbons (Fsp3) is 0.125. The van der Waals surface area contributed by atoms with Crippen molar-refractivity contribution < 1.29 is 19.1 Å². The van der Waals surface area contributed by atoms with Crippen molar-refractivity contribution in [3.05, 3.63) is 88.3 Å². The zero-order valence-electron chi connectivity index (χ0n) is 16.9. The summed E-state index contributed by atoms with van der Waals surface area (Å²) in [5.74, 6) is -1.50. The number of benzene rings is 2. The lowest BCUT2D eigenvalue weighted by atomic mass is 9.99. The summed E-state index contributed by atoms with van der Waals surface area (Å²) in [4.78, 5) is 32.1. The largest absolute Gasteiger partial charge is 0.507 e. The Bertz CT molecular complexity index is 1370. The molecular weight excluding hydrogens is 448 g/mol. The van der Waals surface area contributed by atoms with E-state index in [1.807, 2.05) is 18.2 Å². The molecule has 1 aliphatic rings. The molecule has 2 aromatic heterocycles. The monoisotopic (exact) mass is 464 g/mol. The van der Waals surface area contributed by atoms with Gasteiger partial charge in [0, 0.05) is 10.6 Å². The summed E-state index contributed by atoms with van der Waals surface area (Å²) in [5.41, 5.74) is 2.21. The van der Waals surface area contributed by atoms with Crippen molar-refractivity contribution in [2.75, 3.05) is 4.90 Å². The predicted octanol–water partition coefficient (Wildman–Crippen LogP) is 5.73. The average molecular weight is 465 g/mol. The Kier molecular flexibility index (Phi) is 5.07. The highest BCUT2D eigenvalue weighted by atomic mass is 35.5. The summed E-state index contributed by atoms with van der Waals surface area (Å²) >= 11 is 7.27. The van der Waals surface area contributed by atoms with Crippen molar-refractivity contribution in [3.63, 3.8) is 0 Å². The van der Waals surface area contributed by atoms with Crippen molar-refractivity contribution >= 4 is 55.7 Å². The van der Waals surface area contributed by atoms with Gasteiger partial charge in [0.05, 0.1) is 22.1 Å². The Balaban J connectivity index is 1.69. The fourth-order valence-electron chi connectivity index (χ4n) is 3.79. The maximum atomic E-state index is 13.1. The summed E-state index contributed by atoms with van der Waals surface area (Å²) < 4.78 is 6.49. The number of Topliss-reactive ketones (excluding diaryl/α,β-unsaturated/α-hetero) is 1. The van der Waals surface area contributed by atoms with Gasteiger partial charge in [-0.1, -0.05) is 35.9 Å². The highest BCUT2D eigenvalue weighted by Gasteiger charge is 2.49. The molecule has 1 atom stereocenters. The van der Waals surface area contributed by atoms with Crippen LogP contribution in [0.3, 0.4) is 0 Å². The van der Waals surface area contributed by atoms with E-state index in [1.54, 1.807) is 36.4 Å². The molecule has 6 nitrogen and oxygen atoms in total. The number of aliphatic hydroxyl groups excluding tert-OH is 1. The van der Waals surface area contributed by atoms with Crippen LogP contribution in [-0.2, 0) is 16.0 Å². The second kappa shape index (κ2) is 7.93. The third-order valence-electron chi connectivity index (χ3n) is 5.43. The second-order valence-corrected chi connectivity index (χ2v) is 8.79. The van der Waals surface area contributed by atoms with Gasteiger partial charge >= 0.3 is 5.91 Å². The number of anilines is 1. The van der Waals surface area contributed by atoms with Gasteiger partial charge in [-0.05, 0) is 60.5 Å². The number of fused-ring (bicyclic) bond motifs is 1. The fourth-order valence-corrected chi connectivity index (χ4v) is 4.97. The van der Waals surface area contributed by atoms with Crippen molar-refractivity contribution in [2.24, 2.45) is 0 Å². The van der Waals surface area contributed by atoms with Crippen molar-refractivity contribution in [2.45, 2.75) is 19.4 Å². The van der Waals surface area contributed by atoms with Crippen LogP contribution in [-0.4, -0.2) is 21.8 Å². The minimum atomic E-state index is -0.938. The van der Waals surface area contributed by atoms with Crippen LogP contribution >= 0.6 is 22.9 Å². The number of aromatic nitrogens is 1. The quantitative estimate of drug-likeness (QED) is 0.237. The van der Waals surface area contributed by atoms with Crippen LogP contribution < -0.4 is 4.90 Å². The summed E-state index contributed by atoms with van der Waals surface area (Å²) in [6, 6.07) is 14.7. The van der Waals surface area contributed by atoms with Gasteiger partial charge in [0.1, 0.15) is 17.6 Å². The molecule has 1 amide bonds. The molecular formula is C24H17ClN2O4S. The van der Waals surface area contributed by atoms with Crippen LogP contribution in [0, 0.1) is 0 Å². The topological polar surface area (TPSA) is 83.6 Å². The van der Waals surface area contributed by atoms with Crippen LogP contribution in [0.5, 0.6) is 0 Å². The first-order chi connectivity index (χ1) is 15.5. The zero-order valence-corrected chi connectivity index (χ0v) is 18.5. The number of hydrogen-bond donors (Lipinski definition) is 1. The highest BCUT2D eigenvalue weighted by molar-refractivity contribution is 7.22. The number of carbonyl (C=O) groups is 2. The Morgan fingerprint density at radius 1 is 1.19 bits per heavy atom. The number of nitrogens with zero attached hydrogens (tertiary/aromatic N) is 2. The Labute approximate surface area is 192 Å². The molecule has 1 fully saturated rings. The molecule has 0 saturated carbocycles. The highest BCUT2D eigenvalue weighted by Crippen LogP contribution is 2.44. The summed E-state index contributed by atoms with van der Waals surface area (Å²) in [7, 11) is 0. The minimum absolute atomic E-state index is 0.0548. The first-order valence-corrected chi connectivity index (χ1v) is 11.2. The van der Waals surface area contributed by atoms with E-state index in [4.69, 9.17) is 16.0 Å². The molecule has 5 rings (SSSR count). The molecule has 32 heavy (non-hydrogen) atoms. The standard InChI is InChI=1S/C24H17ClN2O4S/c1-2-13-5-10-16-18(12-13)32-24(26-16)27-20(17-4-3-11-31-17)19(22(29)23(27)30)21(28)14-6-8-15(25)9-7-14/h3-12,20,28H,2H2,1H3. The summed E-state index contributed by atoms with van der Waals surface area (Å²) in [6.45, 7) is 2.06. The Morgan fingerprint density at radius 2 is 1.97 bits per heavy atom. The third-order valence-corrected chi connectivity index (χ3v) is 6.70. The van der Waals surface area contributed by atoms with Crippen molar-refractivity contribution in [1.82, 2.24) is 4.98 Å². The number of amides is 1. The molecule has 3 heterocycles. The molecule has 1 saturated heterocycles. The first-order valence-electron chi connectivity index (χ1n) is 9.97. The van der Waals surface area contributed by atoms with Gasteiger partial charge in [-0.15, -0.1) is 0 Å². The normalized spacial score (nSPS) is 18.1. The predicted molar refractivity (Wildman–Crippen MR) is 124 cm³/mol. The van der Waals surface area contributed by atoms with Crippen LogP contribution in [0.25, 0.3) is 16.0 Å². The van der Waals surface area contributed by atoms with Gasteiger partial charge in [-0.25, -0.2) is 4.98 Å². The number of thiazole rings is 1. The maximum Gasteiger partial charge on any atom is 0.302 e. The van der Waals surface area contributed by atoms with Crippen LogP contribution in [0.4, 0.5) is 5.13 Å². The maximum absolute atomic E-state index is 13.1. The molecule has 160 valence electrons. The van der Waals surface area contributed by atoms with Crippen molar-refractivity contribution in [1.29, 1.82) is 0 Å². The van der Waals surface area contributed by atoms with Gasteiger partial charge in [0.15, 0.2) is 5.13 Å². The number of ketones is 1. The van der Waals surface area contributed by atoms with E-state index in [0.29, 0.717) is 21.5 Å². The Hall–Kier alpha value is -3.42.